The number of carbonyl (C=O) groups is 1. The highest BCUT2D eigenvalue weighted by Gasteiger charge is 2.59. The second-order valence-corrected chi connectivity index (χ2v) is 6.52. The summed E-state index contributed by atoms with van der Waals surface area (Å²) in [5.74, 6) is -0.165. The molecule has 0 aromatic rings. The van der Waals surface area contributed by atoms with Gasteiger partial charge in [-0.2, -0.15) is 0 Å². The maximum Gasteiger partial charge on any atom is 0.363 e. The van der Waals surface area contributed by atoms with Gasteiger partial charge in [-0.25, -0.2) is 4.79 Å². The molecule has 100 valence electrons. The van der Waals surface area contributed by atoms with E-state index in [9.17, 15) is 4.79 Å². The maximum atomic E-state index is 11.5. The summed E-state index contributed by atoms with van der Waals surface area (Å²) >= 11 is 0. The largest absolute Gasteiger partial charge is 0.363 e. The van der Waals surface area contributed by atoms with Gasteiger partial charge in [-0.3, -0.25) is 4.84 Å². The van der Waals surface area contributed by atoms with E-state index in [4.69, 9.17) is 4.84 Å². The van der Waals surface area contributed by atoms with Crippen LogP contribution in [-0.2, 0) is 9.63 Å². The number of nitrogens with zero attached hydrogens (tertiary/aromatic N) is 1. The van der Waals surface area contributed by atoms with Gasteiger partial charge in [-0.1, -0.05) is 6.92 Å². The summed E-state index contributed by atoms with van der Waals surface area (Å²) in [7, 11) is 0. The van der Waals surface area contributed by atoms with E-state index in [-0.39, 0.29) is 17.0 Å². The van der Waals surface area contributed by atoms with E-state index in [2.05, 4.69) is 34.6 Å². The Kier molecular flexibility index (Phi) is 3.92. The van der Waals surface area contributed by atoms with E-state index in [1.807, 2.05) is 0 Å². The zero-order valence-corrected chi connectivity index (χ0v) is 12.3. The first-order valence-corrected chi connectivity index (χ1v) is 6.77. The number of likely N-dealkylation sites (tertiary alicyclic amines) is 1. The molecule has 1 rings (SSSR count). The number of rotatable bonds is 3. The minimum atomic E-state index is -0.165. The molecule has 0 saturated carbocycles. The monoisotopic (exact) mass is 242 g/mol. The molecule has 0 unspecified atom stereocenters. The van der Waals surface area contributed by atoms with Gasteiger partial charge in [-0.05, 0) is 40.5 Å². The van der Waals surface area contributed by atoms with Gasteiger partial charge in [0.1, 0.15) is 17.6 Å². The Labute approximate surface area is 106 Å². The Morgan fingerprint density at radius 1 is 1.18 bits per heavy atom. The summed E-state index contributed by atoms with van der Waals surface area (Å²) in [6, 6.07) is 0. The lowest BCUT2D eigenvalue weighted by molar-refractivity contribution is -1.16. The molecule has 0 N–H and O–H groups in total. The van der Waals surface area contributed by atoms with E-state index in [0.717, 1.165) is 25.8 Å². The molecule has 0 radical (unpaired) electrons. The third-order valence-electron chi connectivity index (χ3n) is 4.36. The predicted molar refractivity (Wildman–Crippen MR) is 69.2 cm³/mol. The summed E-state index contributed by atoms with van der Waals surface area (Å²) in [4.78, 5) is 17.4. The lowest BCUT2D eigenvalue weighted by Crippen LogP contribution is -2.73. The number of piperidine rings is 1. The van der Waals surface area contributed by atoms with Crippen molar-refractivity contribution < 1.29 is 14.3 Å². The Morgan fingerprint density at radius 3 is 2.00 bits per heavy atom. The molecule has 0 atom stereocenters. The van der Waals surface area contributed by atoms with Crippen LogP contribution in [0.3, 0.4) is 0 Å². The van der Waals surface area contributed by atoms with E-state index in [1.165, 1.54) is 13.3 Å². The molecule has 0 amide bonds. The maximum absolute atomic E-state index is 11.5. The van der Waals surface area contributed by atoms with E-state index >= 15 is 0 Å². The first-order valence-electron chi connectivity index (χ1n) is 6.77. The fourth-order valence-corrected chi connectivity index (χ4v) is 3.57. The molecule has 1 fully saturated rings. The van der Waals surface area contributed by atoms with E-state index in [1.54, 1.807) is 0 Å². The average Bonchev–Trinajstić information content (AvgIpc) is 2.13. The minimum absolute atomic E-state index is 0.00340. The van der Waals surface area contributed by atoms with Crippen molar-refractivity contribution in [3.05, 3.63) is 0 Å². The van der Waals surface area contributed by atoms with Crippen LogP contribution in [0.25, 0.3) is 0 Å². The molecule has 0 aromatic carbocycles. The second-order valence-electron chi connectivity index (χ2n) is 6.52. The van der Waals surface area contributed by atoms with Gasteiger partial charge in [0.05, 0.1) is 0 Å². The molecule has 0 aromatic heterocycles. The standard InChI is InChI=1S/C14H28NO2/c1-7-11-15(17-12(2)16)13(3,4)9-8-10-14(15,5)6/h7-11H2,1-6H3/q+1. The van der Waals surface area contributed by atoms with Crippen LogP contribution in [0.2, 0.25) is 0 Å². The van der Waals surface area contributed by atoms with Crippen molar-refractivity contribution >= 4 is 5.97 Å². The van der Waals surface area contributed by atoms with Crippen LogP contribution in [-0.4, -0.2) is 28.2 Å². The Hall–Kier alpha value is -0.570. The summed E-state index contributed by atoms with van der Waals surface area (Å²) in [5.41, 5.74) is 0.00681. The first-order chi connectivity index (χ1) is 7.68. The molecule has 3 nitrogen and oxygen atoms in total. The predicted octanol–water partition coefficient (Wildman–Crippen LogP) is 3.43. The fraction of sp³-hybridized carbons (Fsp3) is 0.929. The van der Waals surface area contributed by atoms with Gasteiger partial charge >= 0.3 is 5.97 Å². The summed E-state index contributed by atoms with van der Waals surface area (Å²) in [5, 5.41) is 0. The Bertz CT molecular complexity index is 279. The second kappa shape index (κ2) is 4.60. The zero-order valence-electron chi connectivity index (χ0n) is 12.3. The van der Waals surface area contributed by atoms with Gasteiger partial charge in [0, 0.05) is 19.8 Å². The molecule has 3 heteroatoms. The molecule has 0 spiro atoms. The van der Waals surface area contributed by atoms with Crippen molar-refractivity contribution in [3.8, 4) is 0 Å². The highest BCUT2D eigenvalue weighted by Crippen LogP contribution is 2.46. The van der Waals surface area contributed by atoms with Crippen LogP contribution >= 0.6 is 0 Å². The van der Waals surface area contributed by atoms with E-state index < -0.39 is 0 Å². The highest BCUT2D eigenvalue weighted by molar-refractivity contribution is 5.65. The van der Waals surface area contributed by atoms with Crippen molar-refractivity contribution in [2.75, 3.05) is 6.54 Å². The molecule has 0 bridgehead atoms. The number of carbonyl (C=O) groups excluding carboxylic acids is 1. The fourth-order valence-electron chi connectivity index (χ4n) is 3.57. The topological polar surface area (TPSA) is 26.3 Å². The van der Waals surface area contributed by atoms with Gasteiger partial charge in [0.2, 0.25) is 0 Å². The van der Waals surface area contributed by atoms with Crippen molar-refractivity contribution in [1.29, 1.82) is 0 Å². The number of quaternary nitrogens is 1. The van der Waals surface area contributed by atoms with Crippen LogP contribution in [0, 0.1) is 0 Å². The quantitative estimate of drug-likeness (QED) is 0.709. The van der Waals surface area contributed by atoms with Gasteiger partial charge < -0.3 is 0 Å². The third-order valence-corrected chi connectivity index (χ3v) is 4.36. The van der Waals surface area contributed by atoms with Crippen LogP contribution < -0.4 is 0 Å². The summed E-state index contributed by atoms with van der Waals surface area (Å²) in [6.45, 7) is 13.5. The normalized spacial score (nSPS) is 25.3. The molecule has 1 aliphatic rings. The number of hydroxylamine groups is 3. The first kappa shape index (κ1) is 14.5. The molecule has 1 aliphatic heterocycles. The van der Waals surface area contributed by atoms with Crippen LogP contribution in [0.5, 0.6) is 0 Å². The minimum Gasteiger partial charge on any atom is -0.276 e. The van der Waals surface area contributed by atoms with Gasteiger partial charge in [0.25, 0.3) is 0 Å². The van der Waals surface area contributed by atoms with Crippen LogP contribution in [0.1, 0.15) is 67.2 Å². The van der Waals surface area contributed by atoms with Crippen LogP contribution in [0.4, 0.5) is 0 Å². The molecule has 1 heterocycles. The van der Waals surface area contributed by atoms with Gasteiger partial charge in [0.15, 0.2) is 0 Å². The van der Waals surface area contributed by atoms with Crippen molar-refractivity contribution in [2.45, 2.75) is 78.3 Å². The lowest BCUT2D eigenvalue weighted by atomic mass is 9.78. The van der Waals surface area contributed by atoms with Crippen LogP contribution in [0.15, 0.2) is 0 Å². The summed E-state index contributed by atoms with van der Waals surface area (Å²) < 4.78 is 0.478. The molecule has 0 aliphatic carbocycles. The average molecular weight is 242 g/mol. The van der Waals surface area contributed by atoms with E-state index in [0.29, 0.717) is 4.65 Å². The molecular weight excluding hydrogens is 214 g/mol. The smallest absolute Gasteiger partial charge is 0.276 e. The SMILES string of the molecule is CCC[N+]1(OC(C)=O)C(C)(C)CCCC1(C)C. The molecule has 17 heavy (non-hydrogen) atoms. The van der Waals surface area contributed by atoms with Crippen molar-refractivity contribution in [2.24, 2.45) is 0 Å². The Balaban J connectivity index is 3.21. The molecule has 1 saturated heterocycles. The van der Waals surface area contributed by atoms with Crippen molar-refractivity contribution in [1.82, 2.24) is 0 Å². The molecular formula is C14H28NO2+. The Morgan fingerprint density at radius 2 is 1.65 bits per heavy atom. The van der Waals surface area contributed by atoms with Crippen molar-refractivity contribution in [3.63, 3.8) is 0 Å². The third kappa shape index (κ3) is 2.35. The van der Waals surface area contributed by atoms with Gasteiger partial charge in [-0.15, -0.1) is 4.65 Å². The summed E-state index contributed by atoms with van der Waals surface area (Å²) in [6.07, 6.45) is 4.47. The number of hydrogen-bond donors (Lipinski definition) is 0. The number of hydrogen-bond acceptors (Lipinski definition) is 2. The highest BCUT2D eigenvalue weighted by atomic mass is 16.8. The zero-order chi connectivity index (χ0) is 13.3. The lowest BCUT2D eigenvalue weighted by Gasteiger charge is -2.57.